The number of alkyl carbamates (subject to hydrolysis) is 1. The van der Waals surface area contributed by atoms with Crippen LogP contribution in [0, 0.1) is 0 Å². The Labute approximate surface area is 221 Å². The van der Waals surface area contributed by atoms with Gasteiger partial charge in [-0.2, -0.15) is 12.6 Å². The van der Waals surface area contributed by atoms with Gasteiger partial charge in [0.15, 0.2) is 0 Å². The Bertz CT molecular complexity index is 594. The minimum absolute atomic E-state index is 0. The second-order valence-electron chi connectivity index (χ2n) is 8.25. The summed E-state index contributed by atoms with van der Waals surface area (Å²) < 4.78 is 37.2. The van der Waals surface area contributed by atoms with Crippen molar-refractivity contribution >= 4 is 30.5 Å². The van der Waals surface area contributed by atoms with Crippen molar-refractivity contribution in [3.63, 3.8) is 0 Å². The lowest BCUT2D eigenvalue weighted by Gasteiger charge is -2.25. The number of hydrogen-bond acceptors (Lipinski definition) is 11. The lowest BCUT2D eigenvalue weighted by Crippen LogP contribution is -2.33. The number of hydrogen-bond donors (Lipinski definition) is 2. The maximum Gasteiger partial charge on any atom is 0.407 e. The van der Waals surface area contributed by atoms with Gasteiger partial charge in [-0.25, -0.2) is 4.79 Å². The average molecular weight is 540 g/mol. The van der Waals surface area contributed by atoms with Gasteiger partial charge in [0.1, 0.15) is 18.5 Å². The van der Waals surface area contributed by atoms with E-state index in [4.69, 9.17) is 33.2 Å². The van der Waals surface area contributed by atoms with E-state index in [1.807, 2.05) is 0 Å². The topological polar surface area (TPSA) is 128 Å². The Kier molecular flexibility index (Phi) is 20.6. The zero-order valence-corrected chi connectivity index (χ0v) is 22.3. The molecule has 1 saturated carbocycles. The first-order valence-electron chi connectivity index (χ1n) is 12.6. The summed E-state index contributed by atoms with van der Waals surface area (Å²) in [6.07, 6.45) is 3.60. The maximum absolute atomic E-state index is 11.7. The van der Waals surface area contributed by atoms with Crippen molar-refractivity contribution in [2.45, 2.75) is 56.8 Å². The molecule has 12 heteroatoms. The molecule has 212 valence electrons. The van der Waals surface area contributed by atoms with Crippen molar-refractivity contribution in [2.24, 2.45) is 0 Å². The minimum atomic E-state index is -0.396. The van der Waals surface area contributed by atoms with Crippen LogP contribution in [-0.2, 0) is 42.7 Å². The number of carbonyl (C=O) groups is 3. The van der Waals surface area contributed by atoms with E-state index in [9.17, 15) is 14.4 Å². The second kappa shape index (κ2) is 22.7. The summed E-state index contributed by atoms with van der Waals surface area (Å²) in [5, 5.41) is 3.11. The van der Waals surface area contributed by atoms with Crippen LogP contribution in [0.1, 0.15) is 46.9 Å². The zero-order valence-electron chi connectivity index (χ0n) is 21.4. The third kappa shape index (κ3) is 20.7. The van der Waals surface area contributed by atoms with Gasteiger partial charge >= 0.3 is 12.1 Å². The molecule has 0 aromatic rings. The van der Waals surface area contributed by atoms with Gasteiger partial charge in [0.2, 0.25) is 0 Å². The predicted octanol–water partition coefficient (Wildman–Crippen LogP) is 2.20. The number of nitrogens with one attached hydrogen (secondary N) is 1. The molecule has 0 heterocycles. The van der Waals surface area contributed by atoms with Gasteiger partial charge in [0.25, 0.3) is 0 Å². The molecule has 0 spiro atoms. The summed E-state index contributed by atoms with van der Waals surface area (Å²) in [5.41, 5.74) is 0. The number of carbonyl (C=O) groups excluding carboxylic acids is 3. The second-order valence-corrected chi connectivity index (χ2v) is 8.98. The standard InChI is InChI=1S/C24H43NO10S.H2/c1-20(26)2-7-23(27)34-19-18-33-17-16-32-15-14-31-13-12-30-11-10-29-9-8-25-24(28)35-21-3-5-22(36)6-4-21;/h21-22,36H,2-19H2,1H3,(H,25,28);1H. The monoisotopic (exact) mass is 539 g/mol. The molecule has 0 aromatic carbocycles. The molecule has 11 nitrogen and oxygen atoms in total. The van der Waals surface area contributed by atoms with Gasteiger partial charge in [-0.05, 0) is 32.6 Å². The predicted molar refractivity (Wildman–Crippen MR) is 137 cm³/mol. The number of Topliss-reactive ketones (excluding diaryl/α,β-unsaturated/α-hetero) is 1. The first kappa shape index (κ1) is 32.6. The molecule has 0 radical (unpaired) electrons. The van der Waals surface area contributed by atoms with Gasteiger partial charge in [-0.15, -0.1) is 0 Å². The van der Waals surface area contributed by atoms with E-state index in [2.05, 4.69) is 17.9 Å². The number of thiol groups is 1. The van der Waals surface area contributed by atoms with Crippen molar-refractivity contribution in [3.8, 4) is 0 Å². The van der Waals surface area contributed by atoms with Crippen LogP contribution >= 0.6 is 12.6 Å². The fourth-order valence-electron chi connectivity index (χ4n) is 3.13. The molecular weight excluding hydrogens is 494 g/mol. The Balaban J connectivity index is 0.0000130. The van der Waals surface area contributed by atoms with E-state index in [0.29, 0.717) is 71.3 Å². The van der Waals surface area contributed by atoms with Crippen LogP contribution in [0.4, 0.5) is 4.79 Å². The fraction of sp³-hybridized carbons (Fsp3) is 0.875. The number of esters is 1. The normalized spacial score (nSPS) is 17.5. The summed E-state index contributed by atoms with van der Waals surface area (Å²) >= 11 is 4.44. The highest BCUT2D eigenvalue weighted by Crippen LogP contribution is 2.24. The number of ketones is 1. The lowest BCUT2D eigenvalue weighted by atomic mass is 9.97. The van der Waals surface area contributed by atoms with E-state index >= 15 is 0 Å². The number of ether oxygens (including phenoxy) is 7. The van der Waals surface area contributed by atoms with Gasteiger partial charge < -0.3 is 43.3 Å². The Morgan fingerprint density at radius 3 is 1.69 bits per heavy atom. The highest BCUT2D eigenvalue weighted by molar-refractivity contribution is 7.80. The third-order valence-electron chi connectivity index (χ3n) is 5.09. The van der Waals surface area contributed by atoms with E-state index in [0.717, 1.165) is 25.7 Å². The zero-order chi connectivity index (χ0) is 26.3. The summed E-state index contributed by atoms with van der Waals surface area (Å²) in [6, 6.07) is 0. The van der Waals surface area contributed by atoms with E-state index in [1.165, 1.54) is 6.92 Å². The van der Waals surface area contributed by atoms with E-state index < -0.39 is 12.1 Å². The minimum Gasteiger partial charge on any atom is -0.463 e. The van der Waals surface area contributed by atoms with Crippen LogP contribution in [0.25, 0.3) is 0 Å². The maximum atomic E-state index is 11.7. The van der Waals surface area contributed by atoms with Gasteiger partial charge in [-0.1, -0.05) is 0 Å². The lowest BCUT2D eigenvalue weighted by molar-refractivity contribution is -0.146. The molecule has 0 aliphatic heterocycles. The number of rotatable bonds is 22. The molecule has 1 fully saturated rings. The Morgan fingerprint density at radius 1 is 0.722 bits per heavy atom. The molecule has 36 heavy (non-hydrogen) atoms. The third-order valence-corrected chi connectivity index (χ3v) is 5.61. The van der Waals surface area contributed by atoms with Crippen LogP contribution in [0.5, 0.6) is 0 Å². The smallest absolute Gasteiger partial charge is 0.407 e. The highest BCUT2D eigenvalue weighted by Gasteiger charge is 2.21. The van der Waals surface area contributed by atoms with E-state index in [-0.39, 0.29) is 39.4 Å². The highest BCUT2D eigenvalue weighted by atomic mass is 32.1. The molecule has 0 bridgehead atoms. The fourth-order valence-corrected chi connectivity index (χ4v) is 3.43. The molecule has 0 saturated heterocycles. The first-order chi connectivity index (χ1) is 17.5. The van der Waals surface area contributed by atoms with Gasteiger partial charge in [-0.3, -0.25) is 4.79 Å². The molecule has 1 aliphatic rings. The van der Waals surface area contributed by atoms with Gasteiger partial charge in [0.05, 0.1) is 72.5 Å². The Morgan fingerprint density at radius 2 is 1.19 bits per heavy atom. The van der Waals surface area contributed by atoms with Crippen molar-refractivity contribution in [1.82, 2.24) is 5.32 Å². The summed E-state index contributed by atoms with van der Waals surface area (Å²) in [7, 11) is 0. The summed E-state index contributed by atoms with van der Waals surface area (Å²) in [5.74, 6) is -0.432. The van der Waals surface area contributed by atoms with Crippen molar-refractivity contribution in [2.75, 3.05) is 79.2 Å². The summed E-state index contributed by atoms with van der Waals surface area (Å²) in [6.45, 7) is 6.16. The van der Waals surface area contributed by atoms with Crippen LogP contribution in [0.3, 0.4) is 0 Å². The number of amides is 1. The molecule has 1 N–H and O–H groups in total. The quantitative estimate of drug-likeness (QED) is 0.120. The Hall–Kier alpha value is -1.44. The molecule has 0 atom stereocenters. The molecule has 1 rings (SSSR count). The van der Waals surface area contributed by atoms with E-state index in [1.54, 1.807) is 0 Å². The van der Waals surface area contributed by atoms with Gasteiger partial charge in [0, 0.05) is 19.6 Å². The molecule has 1 aliphatic carbocycles. The molecular formula is C24H45NO10S. The van der Waals surface area contributed by atoms with Crippen molar-refractivity contribution < 1.29 is 49.0 Å². The molecule has 1 amide bonds. The van der Waals surface area contributed by atoms with Crippen LogP contribution < -0.4 is 5.32 Å². The van der Waals surface area contributed by atoms with Crippen LogP contribution in [-0.4, -0.2) is 108 Å². The molecule has 0 unspecified atom stereocenters. The molecule has 0 aromatic heterocycles. The van der Waals surface area contributed by atoms with Crippen molar-refractivity contribution in [3.05, 3.63) is 0 Å². The first-order valence-corrected chi connectivity index (χ1v) is 13.1. The SMILES string of the molecule is CC(=O)CCC(=O)OCCOCCOCCOCCOCCOCCNC(=O)OC1CCC(S)CC1.[HH]. The summed E-state index contributed by atoms with van der Waals surface area (Å²) in [4.78, 5) is 33.8. The largest absolute Gasteiger partial charge is 0.463 e. The average Bonchev–Trinajstić information content (AvgIpc) is 2.85. The van der Waals surface area contributed by atoms with Crippen molar-refractivity contribution in [1.29, 1.82) is 0 Å². The van der Waals surface area contributed by atoms with Crippen LogP contribution in [0.2, 0.25) is 0 Å². The van der Waals surface area contributed by atoms with Crippen LogP contribution in [0.15, 0.2) is 0 Å².